The molecule has 0 radical (unpaired) electrons. The molecular weight excluding hydrogens is 206 g/mol. The molecule has 0 bridgehead atoms. The summed E-state index contributed by atoms with van der Waals surface area (Å²) in [5.74, 6) is -0.359. The Morgan fingerprint density at radius 2 is 1.75 bits per heavy atom. The number of ether oxygens (including phenoxy) is 1. The van der Waals surface area contributed by atoms with E-state index in [0.29, 0.717) is 17.7 Å². The molecule has 0 aromatic heterocycles. The number of fused-ring (bicyclic) bond motifs is 1. The third kappa shape index (κ3) is 1.42. The molecule has 0 saturated carbocycles. The molecule has 82 valence electrons. The summed E-state index contributed by atoms with van der Waals surface area (Å²) in [5.41, 5.74) is 1.04. The number of hydrogen-bond donors (Lipinski definition) is 0. The van der Waals surface area contributed by atoms with Gasteiger partial charge in [0.2, 0.25) is 0 Å². The van der Waals surface area contributed by atoms with Crippen LogP contribution in [0.4, 0.5) is 0 Å². The van der Waals surface area contributed by atoms with Gasteiger partial charge in [0.1, 0.15) is 0 Å². The number of hydrogen-bond acceptors (Lipinski definition) is 3. The van der Waals surface area contributed by atoms with Gasteiger partial charge >= 0.3 is 0 Å². The lowest BCUT2D eigenvalue weighted by Crippen LogP contribution is -2.31. The van der Waals surface area contributed by atoms with Crippen LogP contribution in [0.3, 0.4) is 0 Å². The van der Waals surface area contributed by atoms with Crippen LogP contribution in [0.25, 0.3) is 0 Å². The van der Waals surface area contributed by atoms with Crippen LogP contribution >= 0.6 is 0 Å². The molecule has 1 atom stereocenters. The minimum atomic E-state index is -0.179. The number of nitrogens with zero attached hydrogens (tertiary/aromatic N) is 1. The topological polar surface area (TPSA) is 49.9 Å². The first kappa shape index (κ1) is 9.54. The van der Waals surface area contributed by atoms with Crippen molar-refractivity contribution in [2.75, 3.05) is 13.2 Å². The predicted molar refractivity (Wildman–Crippen MR) is 56.2 cm³/mol. The highest BCUT2D eigenvalue weighted by atomic mass is 16.6. The average Bonchev–Trinajstić information content (AvgIpc) is 3.09. The van der Waals surface area contributed by atoms with Crippen LogP contribution in [0, 0.1) is 0 Å². The molecule has 16 heavy (non-hydrogen) atoms. The minimum absolute atomic E-state index is 0.179. The lowest BCUT2D eigenvalue weighted by molar-refractivity contribution is 0.0650. The zero-order chi connectivity index (χ0) is 11.1. The van der Waals surface area contributed by atoms with Crippen molar-refractivity contribution in [3.63, 3.8) is 0 Å². The Hall–Kier alpha value is -1.68. The highest BCUT2D eigenvalue weighted by Crippen LogP contribution is 2.24. The van der Waals surface area contributed by atoms with E-state index in [0.717, 1.165) is 13.0 Å². The van der Waals surface area contributed by atoms with Gasteiger partial charge in [0.15, 0.2) is 0 Å². The van der Waals surface area contributed by atoms with E-state index in [9.17, 15) is 9.59 Å². The molecule has 4 nitrogen and oxygen atoms in total. The number of amides is 2. The summed E-state index contributed by atoms with van der Waals surface area (Å²) in [6.07, 6.45) is 0.982. The van der Waals surface area contributed by atoms with Gasteiger partial charge in [-0.05, 0) is 18.6 Å². The van der Waals surface area contributed by atoms with Crippen molar-refractivity contribution in [2.24, 2.45) is 0 Å². The van der Waals surface area contributed by atoms with Gasteiger partial charge < -0.3 is 4.74 Å². The fraction of sp³-hybridized carbons (Fsp3) is 0.333. The van der Waals surface area contributed by atoms with Crippen LogP contribution in [0.5, 0.6) is 0 Å². The van der Waals surface area contributed by atoms with Crippen molar-refractivity contribution >= 4 is 11.8 Å². The van der Waals surface area contributed by atoms with Gasteiger partial charge in [-0.3, -0.25) is 14.5 Å². The Kier molecular flexibility index (Phi) is 2.04. The molecule has 2 heterocycles. The summed E-state index contributed by atoms with van der Waals surface area (Å²) in [6.45, 7) is 1.21. The number of carbonyl (C=O) groups is 2. The Labute approximate surface area is 92.8 Å². The second-order valence-electron chi connectivity index (χ2n) is 4.05. The molecule has 1 aromatic rings. The first-order valence-corrected chi connectivity index (χ1v) is 5.34. The van der Waals surface area contributed by atoms with Gasteiger partial charge in [-0.1, -0.05) is 12.1 Å². The second-order valence-corrected chi connectivity index (χ2v) is 4.05. The quantitative estimate of drug-likeness (QED) is 0.562. The monoisotopic (exact) mass is 217 g/mol. The molecule has 1 saturated heterocycles. The fourth-order valence-electron chi connectivity index (χ4n) is 1.95. The summed E-state index contributed by atoms with van der Waals surface area (Å²) >= 11 is 0. The Balaban J connectivity index is 1.82. The molecule has 0 spiro atoms. The van der Waals surface area contributed by atoms with Crippen molar-refractivity contribution in [1.29, 1.82) is 0 Å². The minimum Gasteiger partial charge on any atom is -0.373 e. The average molecular weight is 217 g/mol. The Bertz CT molecular complexity index is 430. The second kappa shape index (κ2) is 3.42. The molecule has 4 heteroatoms. The summed E-state index contributed by atoms with van der Waals surface area (Å²) < 4.78 is 5.07. The van der Waals surface area contributed by atoms with Gasteiger partial charge in [-0.15, -0.1) is 0 Å². The smallest absolute Gasteiger partial charge is 0.261 e. The van der Waals surface area contributed by atoms with Gasteiger partial charge in [-0.25, -0.2) is 0 Å². The summed E-state index contributed by atoms with van der Waals surface area (Å²) in [5, 5.41) is 0. The first-order chi connectivity index (χ1) is 7.77. The van der Waals surface area contributed by atoms with E-state index in [4.69, 9.17) is 4.74 Å². The van der Waals surface area contributed by atoms with Crippen molar-refractivity contribution in [1.82, 2.24) is 4.90 Å². The van der Waals surface area contributed by atoms with E-state index in [1.54, 1.807) is 24.3 Å². The maximum Gasteiger partial charge on any atom is 0.261 e. The van der Waals surface area contributed by atoms with E-state index in [-0.39, 0.29) is 17.9 Å². The lowest BCUT2D eigenvalue weighted by Gasteiger charge is -2.12. The molecule has 1 aromatic carbocycles. The summed E-state index contributed by atoms with van der Waals surface area (Å²) in [6, 6.07) is 6.95. The maximum absolute atomic E-state index is 11.9. The number of imide groups is 1. The normalized spacial score (nSPS) is 22.5. The molecule has 3 rings (SSSR count). The molecule has 0 unspecified atom stereocenters. The van der Waals surface area contributed by atoms with Crippen LogP contribution in [0.2, 0.25) is 0 Å². The van der Waals surface area contributed by atoms with E-state index < -0.39 is 0 Å². The largest absolute Gasteiger partial charge is 0.373 e. The Morgan fingerprint density at radius 3 is 2.25 bits per heavy atom. The molecule has 2 aliphatic heterocycles. The van der Waals surface area contributed by atoms with Crippen molar-refractivity contribution in [3.05, 3.63) is 35.4 Å². The van der Waals surface area contributed by atoms with Crippen LogP contribution in [0.15, 0.2) is 24.3 Å². The SMILES string of the molecule is O=C1c2ccccc2C(=O)N1CC[C@@H]1CO1. The summed E-state index contributed by atoms with van der Waals surface area (Å²) in [7, 11) is 0. The predicted octanol–water partition coefficient (Wildman–Crippen LogP) is 1.07. The standard InChI is InChI=1S/C12H11NO3/c14-11-9-3-1-2-4-10(9)12(15)13(11)6-5-8-7-16-8/h1-4,8H,5-7H2/t8-/m1/s1. The molecule has 0 N–H and O–H groups in total. The molecular formula is C12H11NO3. The van der Waals surface area contributed by atoms with Crippen molar-refractivity contribution < 1.29 is 14.3 Å². The zero-order valence-corrected chi connectivity index (χ0v) is 8.68. The lowest BCUT2D eigenvalue weighted by atomic mass is 10.1. The van der Waals surface area contributed by atoms with E-state index >= 15 is 0 Å². The van der Waals surface area contributed by atoms with E-state index in [2.05, 4.69) is 0 Å². The fourth-order valence-corrected chi connectivity index (χ4v) is 1.95. The van der Waals surface area contributed by atoms with Crippen molar-refractivity contribution in [2.45, 2.75) is 12.5 Å². The highest BCUT2D eigenvalue weighted by Gasteiger charge is 2.36. The molecule has 2 aliphatic rings. The molecule has 2 amide bonds. The number of epoxide rings is 1. The van der Waals surface area contributed by atoms with E-state index in [1.807, 2.05) is 0 Å². The van der Waals surface area contributed by atoms with E-state index in [1.165, 1.54) is 4.90 Å². The third-order valence-electron chi connectivity index (χ3n) is 2.96. The maximum atomic E-state index is 11.9. The van der Waals surface area contributed by atoms with Crippen LogP contribution in [-0.4, -0.2) is 36.0 Å². The number of rotatable bonds is 3. The van der Waals surface area contributed by atoms with Crippen LogP contribution in [0.1, 0.15) is 27.1 Å². The van der Waals surface area contributed by atoms with Crippen LogP contribution < -0.4 is 0 Å². The van der Waals surface area contributed by atoms with Crippen LogP contribution in [-0.2, 0) is 4.74 Å². The third-order valence-corrected chi connectivity index (χ3v) is 2.96. The first-order valence-electron chi connectivity index (χ1n) is 5.34. The number of benzene rings is 1. The zero-order valence-electron chi connectivity index (χ0n) is 8.68. The van der Waals surface area contributed by atoms with Gasteiger partial charge in [0, 0.05) is 6.54 Å². The molecule has 1 fully saturated rings. The van der Waals surface area contributed by atoms with Gasteiger partial charge in [0.05, 0.1) is 23.8 Å². The van der Waals surface area contributed by atoms with Crippen molar-refractivity contribution in [3.8, 4) is 0 Å². The highest BCUT2D eigenvalue weighted by molar-refractivity contribution is 6.21. The number of carbonyl (C=O) groups excluding carboxylic acids is 2. The van der Waals surface area contributed by atoms with Gasteiger partial charge in [-0.2, -0.15) is 0 Å². The molecule has 0 aliphatic carbocycles. The summed E-state index contributed by atoms with van der Waals surface area (Å²) in [4.78, 5) is 25.1. The van der Waals surface area contributed by atoms with Gasteiger partial charge in [0.25, 0.3) is 11.8 Å². The Morgan fingerprint density at radius 1 is 1.19 bits per heavy atom.